The third-order valence-corrected chi connectivity index (χ3v) is 4.24. The molecule has 0 bridgehead atoms. The van der Waals surface area contributed by atoms with Crippen LogP contribution in [0.5, 0.6) is 11.5 Å². The number of carbonyl (C=O) groups is 2. The molecule has 136 valence electrons. The lowest BCUT2D eigenvalue weighted by Crippen LogP contribution is -2.28. The van der Waals surface area contributed by atoms with Crippen LogP contribution in [0.1, 0.15) is 29.7 Å². The van der Waals surface area contributed by atoms with Crippen LogP contribution < -0.4 is 14.8 Å². The Morgan fingerprint density at radius 3 is 2.73 bits per heavy atom. The second-order valence-corrected chi connectivity index (χ2v) is 6.26. The number of hydrogen-bond acceptors (Lipinski definition) is 4. The predicted octanol–water partition coefficient (Wildman–Crippen LogP) is 2.50. The molecule has 2 aromatic rings. The summed E-state index contributed by atoms with van der Waals surface area (Å²) in [7, 11) is 0. The van der Waals surface area contributed by atoms with Crippen LogP contribution in [0, 0.1) is 0 Å². The number of ether oxygens (including phenoxy) is 2. The Morgan fingerprint density at radius 2 is 2.00 bits per heavy atom. The summed E-state index contributed by atoms with van der Waals surface area (Å²) >= 11 is 0. The van der Waals surface area contributed by atoms with Crippen molar-refractivity contribution >= 4 is 11.9 Å². The highest BCUT2D eigenvalue weighted by molar-refractivity contribution is 5.79. The Labute approximate surface area is 151 Å². The highest BCUT2D eigenvalue weighted by Crippen LogP contribution is 2.26. The monoisotopic (exact) mass is 355 g/mol. The molecule has 26 heavy (non-hydrogen) atoms. The molecular weight excluding hydrogens is 334 g/mol. The first-order chi connectivity index (χ1) is 12.5. The van der Waals surface area contributed by atoms with Gasteiger partial charge in [-0.1, -0.05) is 24.3 Å². The number of nitrogens with one attached hydrogen (secondary N) is 1. The van der Waals surface area contributed by atoms with E-state index in [0.29, 0.717) is 18.8 Å². The van der Waals surface area contributed by atoms with Gasteiger partial charge in [-0.2, -0.15) is 0 Å². The molecule has 6 heteroatoms. The topological polar surface area (TPSA) is 84.9 Å². The van der Waals surface area contributed by atoms with Gasteiger partial charge in [0.05, 0.1) is 19.1 Å². The molecule has 0 aliphatic carbocycles. The minimum absolute atomic E-state index is 0.0532. The van der Waals surface area contributed by atoms with Gasteiger partial charge in [-0.25, -0.2) is 4.79 Å². The third kappa shape index (κ3) is 4.53. The van der Waals surface area contributed by atoms with Crippen LogP contribution in [0.4, 0.5) is 0 Å². The fourth-order valence-corrected chi connectivity index (χ4v) is 2.91. The average molecular weight is 355 g/mol. The Hall–Kier alpha value is -3.02. The zero-order valence-corrected chi connectivity index (χ0v) is 14.5. The fraction of sp³-hybridized carbons (Fsp3) is 0.300. The lowest BCUT2D eigenvalue weighted by molar-refractivity contribution is -0.139. The fourth-order valence-electron chi connectivity index (χ4n) is 2.91. The number of carbonyl (C=O) groups excluding carboxylic acids is 1. The van der Waals surface area contributed by atoms with E-state index in [9.17, 15) is 9.59 Å². The number of aliphatic carboxylic acids is 1. The molecule has 1 heterocycles. The first-order valence-corrected chi connectivity index (χ1v) is 8.50. The lowest BCUT2D eigenvalue weighted by atomic mass is 10.0. The first-order valence-electron chi connectivity index (χ1n) is 8.50. The smallest absolute Gasteiger partial charge is 0.341 e. The van der Waals surface area contributed by atoms with Crippen molar-refractivity contribution < 1.29 is 24.2 Å². The molecule has 2 aromatic carbocycles. The number of rotatable bonds is 7. The molecule has 2 N–H and O–H groups in total. The molecule has 1 aliphatic rings. The molecule has 1 unspecified atom stereocenters. The Kier molecular flexibility index (Phi) is 5.41. The van der Waals surface area contributed by atoms with Gasteiger partial charge in [-0.3, -0.25) is 4.79 Å². The molecule has 0 fully saturated rings. The normalized spacial score (nSPS) is 13.4. The van der Waals surface area contributed by atoms with Crippen molar-refractivity contribution in [3.05, 3.63) is 59.2 Å². The minimum atomic E-state index is -1.02. The lowest BCUT2D eigenvalue weighted by Gasteiger charge is -2.15. The highest BCUT2D eigenvalue weighted by atomic mass is 16.5. The maximum atomic E-state index is 12.3. The second-order valence-electron chi connectivity index (χ2n) is 6.26. The van der Waals surface area contributed by atoms with Crippen molar-refractivity contribution in [3.8, 4) is 11.5 Å². The van der Waals surface area contributed by atoms with Crippen LogP contribution in [-0.4, -0.2) is 30.2 Å². The van der Waals surface area contributed by atoms with Crippen LogP contribution >= 0.6 is 0 Å². The van der Waals surface area contributed by atoms with E-state index in [1.165, 1.54) is 0 Å². The molecule has 0 radical (unpaired) electrons. The molecule has 0 saturated heterocycles. The zero-order chi connectivity index (χ0) is 18.5. The quantitative estimate of drug-likeness (QED) is 0.797. The summed E-state index contributed by atoms with van der Waals surface area (Å²) in [6.45, 7) is 2.23. The number of hydrogen-bond donors (Lipinski definition) is 2. The summed E-state index contributed by atoms with van der Waals surface area (Å²) in [5, 5.41) is 11.6. The maximum Gasteiger partial charge on any atom is 0.341 e. The Bertz CT molecular complexity index is 800. The van der Waals surface area contributed by atoms with Gasteiger partial charge in [0.1, 0.15) is 11.5 Å². The number of fused-ring (bicyclic) bond motifs is 1. The van der Waals surface area contributed by atoms with E-state index in [0.717, 1.165) is 28.9 Å². The van der Waals surface area contributed by atoms with Crippen molar-refractivity contribution in [2.75, 3.05) is 13.2 Å². The van der Waals surface area contributed by atoms with Crippen LogP contribution in [0.3, 0.4) is 0 Å². The molecule has 0 aromatic heterocycles. The van der Waals surface area contributed by atoms with E-state index in [1.54, 1.807) is 12.1 Å². The largest absolute Gasteiger partial charge is 0.493 e. The number of amides is 1. The summed E-state index contributed by atoms with van der Waals surface area (Å²) in [5.41, 5.74) is 3.04. The Balaban J connectivity index is 1.54. The SMILES string of the molecule is CC(NC(=O)Cc1ccc2c(c1)CCO2)c1ccc(OCC(=O)O)cc1. The predicted molar refractivity (Wildman–Crippen MR) is 95.5 cm³/mol. The van der Waals surface area contributed by atoms with E-state index in [1.807, 2.05) is 37.3 Å². The van der Waals surface area contributed by atoms with Crippen LogP contribution in [-0.2, 0) is 22.4 Å². The van der Waals surface area contributed by atoms with Gasteiger partial charge in [0.15, 0.2) is 6.61 Å². The van der Waals surface area contributed by atoms with E-state index in [2.05, 4.69) is 5.32 Å². The first kappa shape index (κ1) is 17.8. The zero-order valence-electron chi connectivity index (χ0n) is 14.5. The van der Waals surface area contributed by atoms with Crippen molar-refractivity contribution in [1.82, 2.24) is 5.32 Å². The second kappa shape index (κ2) is 7.91. The summed E-state index contributed by atoms with van der Waals surface area (Å²) in [6.07, 6.45) is 1.20. The standard InChI is InChI=1S/C20H21NO5/c1-13(15-3-5-17(6-4-15)26-12-20(23)24)21-19(22)11-14-2-7-18-16(10-14)8-9-25-18/h2-7,10,13H,8-9,11-12H2,1H3,(H,21,22)(H,23,24). The van der Waals surface area contributed by atoms with Crippen LogP contribution in [0.15, 0.2) is 42.5 Å². The average Bonchev–Trinajstić information content (AvgIpc) is 3.08. The molecule has 0 spiro atoms. The highest BCUT2D eigenvalue weighted by Gasteiger charge is 2.15. The van der Waals surface area contributed by atoms with Gasteiger partial charge in [-0.05, 0) is 41.8 Å². The minimum Gasteiger partial charge on any atom is -0.493 e. The molecule has 1 amide bonds. The third-order valence-electron chi connectivity index (χ3n) is 4.24. The molecular formula is C20H21NO5. The summed E-state index contributed by atoms with van der Waals surface area (Å²) < 4.78 is 10.6. The van der Waals surface area contributed by atoms with E-state index in [4.69, 9.17) is 14.6 Å². The maximum absolute atomic E-state index is 12.3. The Morgan fingerprint density at radius 1 is 1.23 bits per heavy atom. The summed E-state index contributed by atoms with van der Waals surface area (Å²) in [5.74, 6) is 0.318. The van der Waals surface area contributed by atoms with Crippen LogP contribution in [0.25, 0.3) is 0 Å². The van der Waals surface area contributed by atoms with Crippen molar-refractivity contribution in [3.63, 3.8) is 0 Å². The molecule has 1 aliphatic heterocycles. The molecule has 3 rings (SSSR count). The number of benzene rings is 2. The van der Waals surface area contributed by atoms with E-state index in [-0.39, 0.29) is 18.6 Å². The summed E-state index contributed by atoms with van der Waals surface area (Å²) in [6, 6.07) is 12.7. The summed E-state index contributed by atoms with van der Waals surface area (Å²) in [4.78, 5) is 22.8. The van der Waals surface area contributed by atoms with Gasteiger partial charge in [0.25, 0.3) is 0 Å². The van der Waals surface area contributed by atoms with Crippen molar-refractivity contribution in [2.24, 2.45) is 0 Å². The van der Waals surface area contributed by atoms with Crippen molar-refractivity contribution in [2.45, 2.75) is 25.8 Å². The van der Waals surface area contributed by atoms with Gasteiger partial charge >= 0.3 is 5.97 Å². The molecule has 0 saturated carbocycles. The molecule has 6 nitrogen and oxygen atoms in total. The van der Waals surface area contributed by atoms with Gasteiger partial charge in [0, 0.05) is 6.42 Å². The van der Waals surface area contributed by atoms with Gasteiger partial charge < -0.3 is 19.9 Å². The van der Waals surface area contributed by atoms with Gasteiger partial charge in [0.2, 0.25) is 5.91 Å². The molecule has 1 atom stereocenters. The number of carboxylic acids is 1. The van der Waals surface area contributed by atoms with Crippen LogP contribution in [0.2, 0.25) is 0 Å². The van der Waals surface area contributed by atoms with Gasteiger partial charge in [-0.15, -0.1) is 0 Å². The van der Waals surface area contributed by atoms with Crippen molar-refractivity contribution in [1.29, 1.82) is 0 Å². The van der Waals surface area contributed by atoms with E-state index < -0.39 is 5.97 Å². The van der Waals surface area contributed by atoms with E-state index >= 15 is 0 Å². The number of carboxylic acid groups (broad SMARTS) is 1.